The molecule has 2 heterocycles. The molecule has 0 saturated heterocycles. The minimum Gasteiger partial charge on any atom is -0.392 e. The van der Waals surface area contributed by atoms with E-state index in [0.717, 1.165) is 22.3 Å². The Kier molecular flexibility index (Phi) is 1.79. The molecule has 16 heavy (non-hydrogen) atoms. The highest BCUT2D eigenvalue weighted by Gasteiger charge is 2.25. The molecule has 0 saturated carbocycles. The standard InChI is InChI=1S/C11H11N3O2/c1-6-11(16)13-9-3-7(4-15)2-8-10(9)14(6)5-12-8/h2-3,5-6,15H,4H2,1H3,(H,13,16)/t6-/m1/s1. The third-order valence-electron chi connectivity index (χ3n) is 2.97. The van der Waals surface area contributed by atoms with Gasteiger partial charge in [-0.1, -0.05) is 0 Å². The number of amides is 1. The molecule has 0 radical (unpaired) electrons. The van der Waals surface area contributed by atoms with Crippen LogP contribution in [-0.2, 0) is 11.4 Å². The Hall–Kier alpha value is -1.88. The first-order valence-electron chi connectivity index (χ1n) is 5.12. The van der Waals surface area contributed by atoms with E-state index in [1.807, 2.05) is 17.6 Å². The summed E-state index contributed by atoms with van der Waals surface area (Å²) in [4.78, 5) is 15.9. The molecule has 2 aromatic rings. The quantitative estimate of drug-likeness (QED) is 0.750. The number of carbonyl (C=O) groups excluding carboxylic acids is 1. The Morgan fingerprint density at radius 2 is 2.38 bits per heavy atom. The van der Waals surface area contributed by atoms with E-state index >= 15 is 0 Å². The van der Waals surface area contributed by atoms with Gasteiger partial charge in [-0.2, -0.15) is 0 Å². The van der Waals surface area contributed by atoms with Crippen LogP contribution in [0.15, 0.2) is 18.5 Å². The summed E-state index contributed by atoms with van der Waals surface area (Å²) < 4.78 is 1.85. The van der Waals surface area contributed by atoms with Gasteiger partial charge in [0.1, 0.15) is 6.04 Å². The van der Waals surface area contributed by atoms with Crippen molar-refractivity contribution in [1.29, 1.82) is 0 Å². The highest BCUT2D eigenvalue weighted by molar-refractivity contribution is 6.05. The summed E-state index contributed by atoms with van der Waals surface area (Å²) in [5.74, 6) is -0.0538. The van der Waals surface area contributed by atoms with E-state index in [0.29, 0.717) is 0 Å². The molecule has 0 unspecified atom stereocenters. The van der Waals surface area contributed by atoms with Crippen LogP contribution in [0.1, 0.15) is 18.5 Å². The van der Waals surface area contributed by atoms with E-state index in [-0.39, 0.29) is 18.6 Å². The molecule has 5 heteroatoms. The first-order valence-corrected chi connectivity index (χ1v) is 5.12. The van der Waals surface area contributed by atoms with Crippen LogP contribution in [0, 0.1) is 0 Å². The fourth-order valence-electron chi connectivity index (χ4n) is 2.07. The van der Waals surface area contributed by atoms with Crippen LogP contribution in [0.25, 0.3) is 11.0 Å². The molecular formula is C11H11N3O2. The van der Waals surface area contributed by atoms with Crippen molar-refractivity contribution in [2.75, 3.05) is 5.32 Å². The van der Waals surface area contributed by atoms with Crippen LogP contribution in [0.5, 0.6) is 0 Å². The van der Waals surface area contributed by atoms with Crippen molar-refractivity contribution in [3.8, 4) is 0 Å². The van der Waals surface area contributed by atoms with E-state index in [9.17, 15) is 4.79 Å². The molecule has 1 aromatic heterocycles. The summed E-state index contributed by atoms with van der Waals surface area (Å²) in [6.45, 7) is 1.78. The number of hydrogen-bond acceptors (Lipinski definition) is 3. The van der Waals surface area contributed by atoms with Crippen LogP contribution in [0.4, 0.5) is 5.69 Å². The van der Waals surface area contributed by atoms with Gasteiger partial charge >= 0.3 is 0 Å². The Morgan fingerprint density at radius 3 is 3.12 bits per heavy atom. The molecule has 0 fully saturated rings. The van der Waals surface area contributed by atoms with Crippen molar-refractivity contribution in [1.82, 2.24) is 9.55 Å². The first-order chi connectivity index (χ1) is 7.70. The Bertz CT molecular complexity index is 588. The molecule has 0 aliphatic carbocycles. The highest BCUT2D eigenvalue weighted by atomic mass is 16.3. The Labute approximate surface area is 91.7 Å². The summed E-state index contributed by atoms with van der Waals surface area (Å²) in [5, 5.41) is 11.9. The summed E-state index contributed by atoms with van der Waals surface area (Å²) in [5.41, 5.74) is 3.20. The van der Waals surface area contributed by atoms with Crippen molar-refractivity contribution in [3.63, 3.8) is 0 Å². The number of anilines is 1. The van der Waals surface area contributed by atoms with Crippen LogP contribution in [-0.4, -0.2) is 20.6 Å². The summed E-state index contributed by atoms with van der Waals surface area (Å²) >= 11 is 0. The lowest BCUT2D eigenvalue weighted by molar-refractivity contribution is -0.118. The van der Waals surface area contributed by atoms with Crippen molar-refractivity contribution in [2.45, 2.75) is 19.6 Å². The van der Waals surface area contributed by atoms with Gasteiger partial charge in [0, 0.05) is 0 Å². The number of hydrogen-bond donors (Lipinski definition) is 2. The van der Waals surface area contributed by atoms with E-state index in [4.69, 9.17) is 5.11 Å². The second kappa shape index (κ2) is 3.05. The van der Waals surface area contributed by atoms with Crippen LogP contribution >= 0.6 is 0 Å². The largest absolute Gasteiger partial charge is 0.392 e. The number of carbonyl (C=O) groups is 1. The number of imidazole rings is 1. The normalized spacial score (nSPS) is 18.9. The molecule has 2 N–H and O–H groups in total. The predicted octanol–water partition coefficient (Wildman–Crippen LogP) is 1.04. The van der Waals surface area contributed by atoms with Crippen molar-refractivity contribution >= 4 is 22.6 Å². The monoisotopic (exact) mass is 217 g/mol. The fraction of sp³-hybridized carbons (Fsp3) is 0.273. The Balaban J connectivity index is 2.35. The van der Waals surface area contributed by atoms with Gasteiger partial charge < -0.3 is 15.0 Å². The maximum Gasteiger partial charge on any atom is 0.247 e. The topological polar surface area (TPSA) is 67.2 Å². The van der Waals surface area contributed by atoms with E-state index < -0.39 is 0 Å². The first kappa shape index (κ1) is 9.35. The van der Waals surface area contributed by atoms with Gasteiger partial charge in [0.15, 0.2) is 0 Å². The molecule has 1 aliphatic rings. The third-order valence-corrected chi connectivity index (χ3v) is 2.97. The summed E-state index contributed by atoms with van der Waals surface area (Å²) in [7, 11) is 0. The molecule has 1 amide bonds. The van der Waals surface area contributed by atoms with Crippen LogP contribution in [0.3, 0.4) is 0 Å². The van der Waals surface area contributed by atoms with Gasteiger partial charge in [-0.05, 0) is 24.6 Å². The number of nitrogens with zero attached hydrogens (tertiary/aromatic N) is 2. The minimum atomic E-state index is -0.238. The number of nitrogens with one attached hydrogen (secondary N) is 1. The highest BCUT2D eigenvalue weighted by Crippen LogP contribution is 2.31. The molecule has 1 aromatic carbocycles. The zero-order valence-electron chi connectivity index (χ0n) is 8.77. The molecule has 1 aliphatic heterocycles. The molecule has 82 valence electrons. The Morgan fingerprint density at radius 1 is 1.56 bits per heavy atom. The van der Waals surface area contributed by atoms with Crippen molar-refractivity contribution < 1.29 is 9.90 Å². The minimum absolute atomic E-state index is 0.0538. The van der Waals surface area contributed by atoms with Crippen LogP contribution in [0.2, 0.25) is 0 Å². The van der Waals surface area contributed by atoms with Gasteiger partial charge in [-0.3, -0.25) is 4.79 Å². The average molecular weight is 217 g/mol. The average Bonchev–Trinajstić information content (AvgIpc) is 2.70. The van der Waals surface area contributed by atoms with Gasteiger partial charge in [0.2, 0.25) is 5.91 Å². The lowest BCUT2D eigenvalue weighted by Crippen LogP contribution is -2.27. The van der Waals surface area contributed by atoms with E-state index in [2.05, 4.69) is 10.3 Å². The van der Waals surface area contributed by atoms with E-state index in [1.54, 1.807) is 12.4 Å². The van der Waals surface area contributed by atoms with Crippen molar-refractivity contribution in [3.05, 3.63) is 24.0 Å². The maximum atomic E-state index is 11.7. The summed E-state index contributed by atoms with van der Waals surface area (Å²) in [6, 6.07) is 3.38. The summed E-state index contributed by atoms with van der Waals surface area (Å²) in [6.07, 6.45) is 1.67. The number of rotatable bonds is 1. The van der Waals surface area contributed by atoms with Crippen LogP contribution < -0.4 is 5.32 Å². The number of benzene rings is 1. The van der Waals surface area contributed by atoms with Gasteiger partial charge in [0.25, 0.3) is 0 Å². The van der Waals surface area contributed by atoms with Gasteiger partial charge in [-0.25, -0.2) is 4.98 Å². The maximum absolute atomic E-state index is 11.7. The zero-order chi connectivity index (χ0) is 11.3. The smallest absolute Gasteiger partial charge is 0.247 e. The molecular weight excluding hydrogens is 206 g/mol. The second-order valence-corrected chi connectivity index (χ2v) is 3.99. The SMILES string of the molecule is C[C@@H]1C(=O)Nc2cc(CO)cc3ncn1c23. The molecule has 0 spiro atoms. The van der Waals surface area contributed by atoms with E-state index in [1.165, 1.54) is 0 Å². The lowest BCUT2D eigenvalue weighted by atomic mass is 10.1. The van der Waals surface area contributed by atoms with Crippen molar-refractivity contribution in [2.24, 2.45) is 0 Å². The number of aliphatic hydroxyl groups is 1. The third kappa shape index (κ3) is 1.09. The number of aliphatic hydroxyl groups excluding tert-OH is 1. The predicted molar refractivity (Wildman–Crippen MR) is 59.0 cm³/mol. The molecule has 5 nitrogen and oxygen atoms in total. The number of aromatic nitrogens is 2. The fourth-order valence-corrected chi connectivity index (χ4v) is 2.07. The van der Waals surface area contributed by atoms with Gasteiger partial charge in [-0.15, -0.1) is 0 Å². The molecule has 1 atom stereocenters. The van der Waals surface area contributed by atoms with Gasteiger partial charge in [0.05, 0.1) is 29.7 Å². The second-order valence-electron chi connectivity index (χ2n) is 3.99. The molecule has 3 rings (SSSR count). The zero-order valence-corrected chi connectivity index (χ0v) is 8.77. The molecule has 0 bridgehead atoms. The lowest BCUT2D eigenvalue weighted by Gasteiger charge is -2.22.